The van der Waals surface area contributed by atoms with Crippen LogP contribution in [0.3, 0.4) is 0 Å². The molecular weight excluding hydrogens is 457 g/mol. The monoisotopic (exact) mass is 485 g/mol. The fourth-order valence-electron chi connectivity index (χ4n) is 3.75. The first-order valence-electron chi connectivity index (χ1n) is 11.3. The molecule has 1 aromatic heterocycles. The first-order valence-corrected chi connectivity index (χ1v) is 11.7. The Morgan fingerprint density at radius 1 is 1.15 bits per heavy atom. The van der Waals surface area contributed by atoms with Crippen molar-refractivity contribution in [2.75, 3.05) is 33.0 Å². The van der Waals surface area contributed by atoms with Crippen molar-refractivity contribution in [3.63, 3.8) is 0 Å². The molecule has 0 unspecified atom stereocenters. The first-order chi connectivity index (χ1) is 16.5. The van der Waals surface area contributed by atoms with E-state index in [2.05, 4.69) is 10.3 Å². The minimum absolute atomic E-state index is 0.201. The summed E-state index contributed by atoms with van der Waals surface area (Å²) in [6.07, 6.45) is 0.808. The van der Waals surface area contributed by atoms with Crippen molar-refractivity contribution in [1.29, 1.82) is 0 Å². The number of nitrogens with one attached hydrogen (secondary N) is 2. The molecule has 3 aromatic rings. The number of halogens is 1. The van der Waals surface area contributed by atoms with Crippen LogP contribution in [0.1, 0.15) is 24.5 Å². The smallest absolute Gasteiger partial charge is 0.253 e. The summed E-state index contributed by atoms with van der Waals surface area (Å²) in [6.45, 7) is 5.60. The molecule has 0 radical (unpaired) electrons. The molecule has 0 bridgehead atoms. The molecule has 9 heteroatoms. The summed E-state index contributed by atoms with van der Waals surface area (Å²) in [7, 11) is 0. The standard InChI is InChI=1S/C25H28FN3O4S/c1-2-31-9-3-8-27-25(34)29(15-17-4-6-20(26)7-5-17)16-19-12-18-13-22-23(33-11-10-32-22)14-21(18)28-24(19)30/h4-7,12-14H,2-3,8-11,15-16H2,1H3,(H,27,34)(H,28,30). The van der Waals surface area contributed by atoms with Crippen LogP contribution in [-0.4, -0.2) is 48.0 Å². The Bertz CT molecular complexity index is 1200. The molecule has 2 aromatic carbocycles. The zero-order valence-corrected chi connectivity index (χ0v) is 19.9. The van der Waals surface area contributed by atoms with Gasteiger partial charge in [0.25, 0.3) is 5.56 Å². The average molecular weight is 486 g/mol. The molecule has 0 saturated carbocycles. The van der Waals surface area contributed by atoms with Gasteiger partial charge in [-0.1, -0.05) is 12.1 Å². The lowest BCUT2D eigenvalue weighted by atomic mass is 10.1. The van der Waals surface area contributed by atoms with Gasteiger partial charge in [0.15, 0.2) is 16.6 Å². The molecule has 180 valence electrons. The molecule has 0 amide bonds. The van der Waals surface area contributed by atoms with Crippen molar-refractivity contribution in [1.82, 2.24) is 15.2 Å². The molecule has 0 saturated heterocycles. The van der Waals surface area contributed by atoms with Crippen LogP contribution in [0.2, 0.25) is 0 Å². The van der Waals surface area contributed by atoms with Crippen molar-refractivity contribution in [2.24, 2.45) is 0 Å². The minimum atomic E-state index is -0.299. The van der Waals surface area contributed by atoms with E-state index in [1.54, 1.807) is 18.2 Å². The third kappa shape index (κ3) is 6.03. The third-order valence-corrected chi connectivity index (χ3v) is 5.87. The first kappa shape index (κ1) is 24.0. The highest BCUT2D eigenvalue weighted by Crippen LogP contribution is 2.33. The van der Waals surface area contributed by atoms with Crippen LogP contribution in [0.15, 0.2) is 47.3 Å². The van der Waals surface area contributed by atoms with Gasteiger partial charge in [-0.25, -0.2) is 4.39 Å². The maximum absolute atomic E-state index is 13.4. The van der Waals surface area contributed by atoms with Gasteiger partial charge in [-0.3, -0.25) is 4.79 Å². The number of fused-ring (bicyclic) bond motifs is 2. The van der Waals surface area contributed by atoms with Crippen LogP contribution in [-0.2, 0) is 17.8 Å². The molecule has 2 N–H and O–H groups in total. The summed E-state index contributed by atoms with van der Waals surface area (Å²) in [6, 6.07) is 11.8. The number of aromatic nitrogens is 1. The Morgan fingerprint density at radius 2 is 1.88 bits per heavy atom. The van der Waals surface area contributed by atoms with E-state index in [-0.39, 0.29) is 17.9 Å². The van der Waals surface area contributed by atoms with Gasteiger partial charge in [0, 0.05) is 43.3 Å². The molecule has 34 heavy (non-hydrogen) atoms. The number of aromatic amines is 1. The summed E-state index contributed by atoms with van der Waals surface area (Å²) >= 11 is 5.65. The van der Waals surface area contributed by atoms with Gasteiger partial charge >= 0.3 is 0 Å². The van der Waals surface area contributed by atoms with E-state index in [0.717, 1.165) is 17.4 Å². The van der Waals surface area contributed by atoms with Crippen molar-refractivity contribution < 1.29 is 18.6 Å². The number of H-pyrrole nitrogens is 1. The Morgan fingerprint density at radius 3 is 2.62 bits per heavy atom. The highest BCUT2D eigenvalue weighted by molar-refractivity contribution is 7.80. The van der Waals surface area contributed by atoms with Crippen molar-refractivity contribution in [3.05, 3.63) is 69.8 Å². The molecule has 1 aliphatic rings. The number of hydrogen-bond donors (Lipinski definition) is 2. The third-order valence-electron chi connectivity index (χ3n) is 5.46. The van der Waals surface area contributed by atoms with Crippen LogP contribution in [0.5, 0.6) is 11.5 Å². The van der Waals surface area contributed by atoms with Gasteiger partial charge in [0.2, 0.25) is 0 Å². The Balaban J connectivity index is 1.56. The van der Waals surface area contributed by atoms with Gasteiger partial charge in [-0.05, 0) is 55.4 Å². The zero-order chi connectivity index (χ0) is 23.9. The summed E-state index contributed by atoms with van der Waals surface area (Å²) in [5.74, 6) is 0.983. The topological polar surface area (TPSA) is 75.8 Å². The van der Waals surface area contributed by atoms with Gasteiger partial charge in [-0.15, -0.1) is 0 Å². The van der Waals surface area contributed by atoms with Crippen LogP contribution >= 0.6 is 12.2 Å². The number of benzene rings is 2. The number of thiocarbonyl (C=S) groups is 1. The predicted molar refractivity (Wildman–Crippen MR) is 133 cm³/mol. The van der Waals surface area contributed by atoms with Gasteiger partial charge in [0.05, 0.1) is 12.1 Å². The molecule has 4 rings (SSSR count). The normalized spacial score (nSPS) is 12.5. The molecule has 2 heterocycles. The van der Waals surface area contributed by atoms with Crippen molar-refractivity contribution >= 4 is 28.2 Å². The molecule has 0 aliphatic carbocycles. The largest absolute Gasteiger partial charge is 0.486 e. The van der Waals surface area contributed by atoms with Crippen LogP contribution in [0, 0.1) is 5.82 Å². The van der Waals surface area contributed by atoms with E-state index in [9.17, 15) is 9.18 Å². The van der Waals surface area contributed by atoms with Gasteiger partial charge in [0.1, 0.15) is 19.0 Å². The van der Waals surface area contributed by atoms with Crippen LogP contribution in [0.25, 0.3) is 10.9 Å². The van der Waals surface area contributed by atoms with E-state index in [1.165, 1.54) is 12.1 Å². The lowest BCUT2D eigenvalue weighted by molar-refractivity contribution is 0.145. The number of ether oxygens (including phenoxy) is 3. The van der Waals surface area contributed by atoms with E-state index >= 15 is 0 Å². The Kier molecular flexibility index (Phi) is 7.97. The summed E-state index contributed by atoms with van der Waals surface area (Å²) in [5.41, 5.74) is 1.92. The average Bonchev–Trinajstić information content (AvgIpc) is 2.84. The predicted octanol–water partition coefficient (Wildman–Crippen LogP) is 3.74. The molecular formula is C25H28FN3O4S. The van der Waals surface area contributed by atoms with Crippen LogP contribution < -0.4 is 20.3 Å². The fraction of sp³-hybridized carbons (Fsp3) is 0.360. The zero-order valence-electron chi connectivity index (χ0n) is 19.1. The quantitative estimate of drug-likeness (QED) is 0.353. The summed E-state index contributed by atoms with van der Waals surface area (Å²) in [5, 5.41) is 4.61. The summed E-state index contributed by atoms with van der Waals surface area (Å²) in [4.78, 5) is 17.7. The van der Waals surface area contributed by atoms with Gasteiger partial charge < -0.3 is 29.4 Å². The van der Waals surface area contributed by atoms with E-state index in [1.807, 2.05) is 24.0 Å². The second kappa shape index (κ2) is 11.3. The Hall–Kier alpha value is -3.17. The Labute approximate surface area is 202 Å². The number of pyridine rings is 1. The molecule has 1 aliphatic heterocycles. The highest BCUT2D eigenvalue weighted by atomic mass is 32.1. The van der Waals surface area contributed by atoms with E-state index in [4.69, 9.17) is 26.4 Å². The summed E-state index contributed by atoms with van der Waals surface area (Å²) < 4.78 is 30.1. The maximum atomic E-state index is 13.4. The number of nitrogens with zero attached hydrogens (tertiary/aromatic N) is 1. The van der Waals surface area contributed by atoms with E-state index < -0.39 is 0 Å². The minimum Gasteiger partial charge on any atom is -0.486 e. The lowest BCUT2D eigenvalue weighted by Gasteiger charge is -2.26. The SMILES string of the molecule is CCOCCCNC(=S)N(Cc1ccc(F)cc1)Cc1cc2cc3c(cc2[nH]c1=O)OCCO3. The molecule has 0 fully saturated rings. The number of hydrogen-bond acceptors (Lipinski definition) is 5. The second-order valence-electron chi connectivity index (χ2n) is 7.97. The maximum Gasteiger partial charge on any atom is 0.253 e. The van der Waals surface area contributed by atoms with E-state index in [0.29, 0.717) is 67.2 Å². The molecule has 7 nitrogen and oxygen atoms in total. The fourth-order valence-corrected chi connectivity index (χ4v) is 3.98. The van der Waals surface area contributed by atoms with Crippen molar-refractivity contribution in [3.8, 4) is 11.5 Å². The van der Waals surface area contributed by atoms with Crippen molar-refractivity contribution in [2.45, 2.75) is 26.4 Å². The second-order valence-corrected chi connectivity index (χ2v) is 8.36. The number of rotatable bonds is 9. The lowest BCUT2D eigenvalue weighted by Crippen LogP contribution is -2.40. The molecule has 0 spiro atoms. The highest BCUT2D eigenvalue weighted by Gasteiger charge is 2.17. The molecule has 0 atom stereocenters. The van der Waals surface area contributed by atoms with Gasteiger partial charge in [-0.2, -0.15) is 0 Å². The van der Waals surface area contributed by atoms with Crippen LogP contribution in [0.4, 0.5) is 4.39 Å².